The van der Waals surface area contributed by atoms with Gasteiger partial charge in [0.1, 0.15) is 18.4 Å². The fraction of sp³-hybridized carbons (Fsp3) is 0.667. The Hall–Kier alpha value is -1.96. The van der Waals surface area contributed by atoms with Crippen LogP contribution in [0, 0.1) is 5.92 Å². The van der Waals surface area contributed by atoms with E-state index in [2.05, 4.69) is 20.0 Å². The fourth-order valence-corrected chi connectivity index (χ4v) is 7.10. The van der Waals surface area contributed by atoms with Crippen molar-refractivity contribution in [2.24, 2.45) is 5.92 Å². The molecule has 6 atom stereocenters. The molecule has 3 rings (SSSR count). The highest BCUT2D eigenvalue weighted by molar-refractivity contribution is 8.56. The van der Waals surface area contributed by atoms with Crippen molar-refractivity contribution in [3.63, 3.8) is 0 Å². The Bertz CT molecular complexity index is 1090. The molecule has 1 unspecified atom stereocenters. The zero-order valence-electron chi connectivity index (χ0n) is 18.8. The van der Waals surface area contributed by atoms with Gasteiger partial charge in [0.25, 0.3) is 5.56 Å². The highest BCUT2D eigenvalue weighted by Gasteiger charge is 2.44. The van der Waals surface area contributed by atoms with Crippen LogP contribution in [0.1, 0.15) is 33.9 Å². The van der Waals surface area contributed by atoms with E-state index in [1.807, 2.05) is 0 Å². The van der Waals surface area contributed by atoms with Crippen LogP contribution in [0.5, 0.6) is 0 Å². The molecule has 1 aliphatic rings. The normalized spacial score (nSPS) is 25.7. The molecular weight excluding hydrogens is 475 g/mol. The number of aromatic amines is 1. The molecule has 1 fully saturated rings. The number of nitrogens with zero attached hydrogens (tertiary/aromatic N) is 3. The maximum absolute atomic E-state index is 13.2. The van der Waals surface area contributed by atoms with E-state index in [1.54, 1.807) is 20.8 Å². The third-order valence-corrected chi connectivity index (χ3v) is 9.33. The maximum atomic E-state index is 13.2. The summed E-state index contributed by atoms with van der Waals surface area (Å²) >= 11 is 1.03. The lowest BCUT2D eigenvalue weighted by molar-refractivity contribution is -0.144. The van der Waals surface area contributed by atoms with E-state index < -0.39 is 48.6 Å². The largest absolute Gasteiger partial charge is 0.465 e. The van der Waals surface area contributed by atoms with Gasteiger partial charge in [0.05, 0.1) is 25.6 Å². The van der Waals surface area contributed by atoms with Gasteiger partial charge in [-0.2, -0.15) is 4.98 Å². The molecule has 0 saturated carbocycles. The Labute approximate surface area is 194 Å². The van der Waals surface area contributed by atoms with Crippen LogP contribution in [-0.2, 0) is 23.4 Å². The molecule has 0 amide bonds. The summed E-state index contributed by atoms with van der Waals surface area (Å²) in [6.07, 6.45) is -1.11. The summed E-state index contributed by atoms with van der Waals surface area (Å²) < 4.78 is 31.4. The number of H-pyrrole nitrogens is 1. The first-order chi connectivity index (χ1) is 15.6. The van der Waals surface area contributed by atoms with Crippen LogP contribution >= 0.6 is 18.1 Å². The van der Waals surface area contributed by atoms with Crippen LogP contribution in [0.15, 0.2) is 11.1 Å². The second-order valence-corrected chi connectivity index (χ2v) is 12.1. The average Bonchev–Trinajstić information content (AvgIpc) is 3.28. The molecule has 5 N–H and O–H groups in total. The van der Waals surface area contributed by atoms with Gasteiger partial charge >= 0.3 is 12.7 Å². The van der Waals surface area contributed by atoms with Crippen LogP contribution in [0.2, 0.25) is 0 Å². The molecule has 1 aliphatic heterocycles. The van der Waals surface area contributed by atoms with Crippen molar-refractivity contribution < 1.29 is 28.5 Å². The number of nitrogens with two attached hydrogens (primary N) is 1. The number of fused-ring (bicyclic) bond motifs is 1. The number of aliphatic hydroxyl groups excluding tert-OH is 1. The lowest BCUT2D eigenvalue weighted by atomic mass is 10.0. The summed E-state index contributed by atoms with van der Waals surface area (Å²) in [6, 6.07) is -0.845. The summed E-state index contributed by atoms with van der Waals surface area (Å²) in [6.45, 7) is 3.29. The molecule has 0 aromatic carbocycles. The summed E-state index contributed by atoms with van der Waals surface area (Å²) in [5.74, 6) is -0.574. The van der Waals surface area contributed by atoms with E-state index in [4.69, 9.17) is 19.7 Å². The van der Waals surface area contributed by atoms with Gasteiger partial charge in [0.2, 0.25) is 5.95 Å². The summed E-state index contributed by atoms with van der Waals surface area (Å²) in [7, 11) is 0. The second kappa shape index (κ2) is 10.5. The average molecular weight is 505 g/mol. The van der Waals surface area contributed by atoms with Gasteiger partial charge < -0.3 is 24.8 Å². The Morgan fingerprint density at radius 1 is 1.52 bits per heavy atom. The van der Waals surface area contributed by atoms with Crippen LogP contribution in [0.25, 0.3) is 11.2 Å². The lowest BCUT2D eigenvalue weighted by Crippen LogP contribution is -2.35. The zero-order chi connectivity index (χ0) is 24.3. The van der Waals surface area contributed by atoms with Crippen molar-refractivity contribution in [2.75, 3.05) is 24.7 Å². The molecule has 184 valence electrons. The number of nitrogens with one attached hydrogen (secondary N) is 2. The first-order valence-electron chi connectivity index (χ1n) is 10.5. The third kappa shape index (κ3) is 5.58. The Morgan fingerprint density at radius 3 is 2.91 bits per heavy atom. The van der Waals surface area contributed by atoms with Crippen molar-refractivity contribution >= 4 is 41.2 Å². The molecule has 13 nitrogen and oxygen atoms in total. The van der Waals surface area contributed by atoms with E-state index in [9.17, 15) is 19.3 Å². The Morgan fingerprint density at radius 2 is 2.24 bits per heavy atom. The second-order valence-electron chi connectivity index (χ2n) is 7.50. The number of rotatable bonds is 10. The van der Waals surface area contributed by atoms with Crippen LogP contribution < -0.4 is 16.4 Å². The number of aliphatic hydroxyl groups is 1. The number of anilines is 1. The summed E-state index contributed by atoms with van der Waals surface area (Å²) in [5, 5.41) is 13.4. The first kappa shape index (κ1) is 25.7. The predicted octanol–water partition coefficient (Wildman–Crippen LogP) is 1.02. The number of carbonyl (C=O) groups is 1. The van der Waals surface area contributed by atoms with Gasteiger partial charge in [-0.05, 0) is 13.8 Å². The van der Waals surface area contributed by atoms with E-state index >= 15 is 0 Å². The van der Waals surface area contributed by atoms with Crippen molar-refractivity contribution in [2.45, 2.75) is 52.2 Å². The zero-order valence-corrected chi connectivity index (χ0v) is 20.5. The molecule has 0 bridgehead atoms. The maximum Gasteiger partial charge on any atom is 0.327 e. The van der Waals surface area contributed by atoms with Crippen LogP contribution in [0.4, 0.5) is 5.95 Å². The quantitative estimate of drug-likeness (QED) is 0.266. The van der Waals surface area contributed by atoms with Gasteiger partial charge in [-0.3, -0.25) is 23.7 Å². The molecule has 2 aromatic heterocycles. The lowest BCUT2D eigenvalue weighted by Gasteiger charge is -2.24. The van der Waals surface area contributed by atoms with Gasteiger partial charge in [0.15, 0.2) is 11.2 Å². The number of ether oxygens (including phenoxy) is 2. The van der Waals surface area contributed by atoms with Gasteiger partial charge in [-0.1, -0.05) is 25.2 Å². The van der Waals surface area contributed by atoms with Crippen LogP contribution in [-0.4, -0.2) is 67.8 Å². The highest BCUT2D eigenvalue weighted by Crippen LogP contribution is 2.56. The van der Waals surface area contributed by atoms with Gasteiger partial charge in [-0.15, -0.1) is 0 Å². The Balaban J connectivity index is 1.74. The summed E-state index contributed by atoms with van der Waals surface area (Å²) in [4.78, 5) is 34.6. The molecular formula is C18H29N6O7PS. The van der Waals surface area contributed by atoms with Crippen molar-refractivity contribution in [3.8, 4) is 0 Å². The smallest absolute Gasteiger partial charge is 0.327 e. The molecule has 0 radical (unpaired) electrons. The molecule has 33 heavy (non-hydrogen) atoms. The number of nitrogen functional groups attached to an aromatic ring is 1. The number of aromatic nitrogens is 4. The SMILES string of the molecule is CCOC(=O)[C@@H](C)NP(=O)(OC[C@H]1O[C@@H](n2cnc3c(=O)[nH]c(N)nc32)[C@@H](C)[C@@H]1O)SCC. The fourth-order valence-electron chi connectivity index (χ4n) is 3.49. The van der Waals surface area contributed by atoms with E-state index in [0.717, 1.165) is 11.4 Å². The third-order valence-electron chi connectivity index (χ3n) is 5.11. The predicted molar refractivity (Wildman–Crippen MR) is 123 cm³/mol. The Kier molecular flexibility index (Phi) is 8.19. The monoisotopic (exact) mass is 504 g/mol. The van der Waals surface area contributed by atoms with E-state index in [-0.39, 0.29) is 30.3 Å². The summed E-state index contributed by atoms with van der Waals surface area (Å²) in [5.41, 5.74) is 5.48. The minimum atomic E-state index is -3.50. The molecule has 3 heterocycles. The molecule has 0 aliphatic carbocycles. The molecule has 15 heteroatoms. The van der Waals surface area contributed by atoms with E-state index in [0.29, 0.717) is 5.75 Å². The molecule has 0 spiro atoms. The van der Waals surface area contributed by atoms with E-state index in [1.165, 1.54) is 17.8 Å². The number of hydrogen-bond donors (Lipinski definition) is 4. The number of esters is 1. The van der Waals surface area contributed by atoms with Crippen molar-refractivity contribution in [3.05, 3.63) is 16.7 Å². The van der Waals surface area contributed by atoms with Gasteiger partial charge in [0, 0.05) is 11.7 Å². The molecule has 1 saturated heterocycles. The number of imidazole rings is 1. The number of hydrogen-bond acceptors (Lipinski definition) is 11. The minimum Gasteiger partial charge on any atom is -0.465 e. The standard InChI is InChI=1S/C18H29N6O7PS/c1-5-29-17(27)10(4)23-32(28,33-6-2)30-7-11-13(25)9(3)16(31-11)24-8-20-12-14(24)21-18(19)22-15(12)26/h8-11,13,16,25H,5-7H2,1-4H3,(H,23,28)(H3,19,21,22,26)/t9-,10+,11+,13-,16+,32?/m0/s1. The van der Waals surface area contributed by atoms with Crippen LogP contribution in [0.3, 0.4) is 0 Å². The van der Waals surface area contributed by atoms with Crippen molar-refractivity contribution in [1.29, 1.82) is 0 Å². The van der Waals surface area contributed by atoms with Gasteiger partial charge in [-0.25, -0.2) is 10.1 Å². The first-order valence-corrected chi connectivity index (χ1v) is 13.7. The minimum absolute atomic E-state index is 0.0698. The highest BCUT2D eigenvalue weighted by atomic mass is 32.7. The number of carbonyl (C=O) groups excluding carboxylic acids is 1. The topological polar surface area (TPSA) is 184 Å². The molecule has 2 aromatic rings. The van der Waals surface area contributed by atoms with Crippen molar-refractivity contribution in [1.82, 2.24) is 24.6 Å².